The summed E-state index contributed by atoms with van der Waals surface area (Å²) in [6.07, 6.45) is 2.40. The molecule has 3 N–H and O–H groups in total. The molecule has 2 aromatic rings. The number of nitrogens with zero attached hydrogens (tertiary/aromatic N) is 1. The number of carbonyl (C=O) groups excluding carboxylic acids is 2. The average Bonchev–Trinajstić information content (AvgIpc) is 2.67. The van der Waals surface area contributed by atoms with Crippen LogP contribution in [0.3, 0.4) is 0 Å². The van der Waals surface area contributed by atoms with E-state index in [2.05, 4.69) is 5.32 Å². The number of aromatic hydroxyl groups is 2. The van der Waals surface area contributed by atoms with Crippen LogP contribution in [0.1, 0.15) is 35.2 Å². The van der Waals surface area contributed by atoms with E-state index in [0.717, 1.165) is 5.56 Å². The Balaban J connectivity index is 1.45. The van der Waals surface area contributed by atoms with Gasteiger partial charge in [-0.3, -0.25) is 9.59 Å². The second-order valence-electron chi connectivity index (χ2n) is 7.00. The van der Waals surface area contributed by atoms with Gasteiger partial charge < -0.3 is 20.4 Å². The fourth-order valence-electron chi connectivity index (χ4n) is 3.34. The maximum atomic E-state index is 12.5. The molecular formula is C21H23ClN2O4. The highest BCUT2D eigenvalue weighted by Gasteiger charge is 2.25. The van der Waals surface area contributed by atoms with Crippen LogP contribution < -0.4 is 5.32 Å². The normalized spacial score (nSPS) is 14.7. The third-order valence-electron chi connectivity index (χ3n) is 4.85. The van der Waals surface area contributed by atoms with Crippen molar-refractivity contribution in [2.75, 3.05) is 13.1 Å². The molecule has 0 aliphatic carbocycles. The molecule has 2 amide bonds. The monoisotopic (exact) mass is 402 g/mol. The van der Waals surface area contributed by atoms with Crippen molar-refractivity contribution in [2.24, 2.45) is 0 Å². The van der Waals surface area contributed by atoms with Gasteiger partial charge in [-0.15, -0.1) is 0 Å². The first-order chi connectivity index (χ1) is 13.4. The number of phenolic OH excluding ortho intramolecular Hbond substituents is 2. The minimum atomic E-state index is -0.237. The van der Waals surface area contributed by atoms with Gasteiger partial charge in [0.25, 0.3) is 5.91 Å². The van der Waals surface area contributed by atoms with Crippen molar-refractivity contribution in [3.63, 3.8) is 0 Å². The molecule has 2 aromatic carbocycles. The number of piperidine rings is 1. The lowest BCUT2D eigenvalue weighted by Gasteiger charge is -2.32. The summed E-state index contributed by atoms with van der Waals surface area (Å²) < 4.78 is 0. The van der Waals surface area contributed by atoms with Crippen molar-refractivity contribution in [3.05, 3.63) is 58.6 Å². The second kappa shape index (κ2) is 8.97. The lowest BCUT2D eigenvalue weighted by atomic mass is 10.0. The molecule has 0 spiro atoms. The highest BCUT2D eigenvalue weighted by molar-refractivity contribution is 6.30. The van der Waals surface area contributed by atoms with Gasteiger partial charge in [-0.05, 0) is 49.1 Å². The number of hydrogen-bond acceptors (Lipinski definition) is 4. The fraction of sp³-hybridized carbons (Fsp3) is 0.333. The highest BCUT2D eigenvalue weighted by atomic mass is 35.5. The summed E-state index contributed by atoms with van der Waals surface area (Å²) in [6, 6.07) is 11.4. The maximum Gasteiger partial charge on any atom is 0.254 e. The molecule has 0 radical (unpaired) electrons. The molecule has 3 rings (SSSR count). The van der Waals surface area contributed by atoms with Gasteiger partial charge in [-0.25, -0.2) is 0 Å². The predicted molar refractivity (Wildman–Crippen MR) is 107 cm³/mol. The van der Waals surface area contributed by atoms with Crippen LogP contribution >= 0.6 is 11.6 Å². The third kappa shape index (κ3) is 5.39. The van der Waals surface area contributed by atoms with Crippen LogP contribution in [0.15, 0.2) is 42.5 Å². The minimum Gasteiger partial charge on any atom is -0.508 e. The summed E-state index contributed by atoms with van der Waals surface area (Å²) in [7, 11) is 0. The Labute approximate surface area is 168 Å². The molecule has 1 aliphatic rings. The molecular weight excluding hydrogens is 380 g/mol. The van der Waals surface area contributed by atoms with Crippen LogP contribution in [-0.2, 0) is 11.2 Å². The summed E-state index contributed by atoms with van der Waals surface area (Å²) in [6.45, 7) is 1.02. The Hall–Kier alpha value is -2.73. The van der Waals surface area contributed by atoms with E-state index in [0.29, 0.717) is 43.8 Å². The lowest BCUT2D eigenvalue weighted by molar-refractivity contribution is -0.122. The number of rotatable bonds is 5. The Kier molecular flexibility index (Phi) is 6.41. The van der Waals surface area contributed by atoms with Crippen molar-refractivity contribution in [3.8, 4) is 11.5 Å². The molecule has 148 valence electrons. The van der Waals surface area contributed by atoms with Crippen LogP contribution in [0, 0.1) is 0 Å². The molecule has 0 aromatic heterocycles. The van der Waals surface area contributed by atoms with Crippen molar-refractivity contribution in [1.82, 2.24) is 10.2 Å². The Morgan fingerprint density at radius 1 is 1.04 bits per heavy atom. The molecule has 0 saturated carbocycles. The van der Waals surface area contributed by atoms with Crippen LogP contribution in [-0.4, -0.2) is 46.1 Å². The minimum absolute atomic E-state index is 0.00219. The number of amides is 2. The zero-order chi connectivity index (χ0) is 20.1. The standard InChI is InChI=1S/C21H23ClN2O4/c22-16-4-1-14(2-5-16)3-6-20(27)23-17-7-9-24(10-8-17)21(28)15-11-18(25)13-19(26)12-15/h1-2,4-5,11-13,17,25-26H,3,6-10H2,(H,23,27). The number of hydrogen-bond donors (Lipinski definition) is 3. The van der Waals surface area contributed by atoms with Gasteiger partial charge in [0.15, 0.2) is 0 Å². The van der Waals surface area contributed by atoms with E-state index >= 15 is 0 Å². The van der Waals surface area contributed by atoms with E-state index in [-0.39, 0.29) is 34.9 Å². The number of halogens is 1. The predicted octanol–water partition coefficient (Wildman–Crippen LogP) is 3.10. The summed E-state index contributed by atoms with van der Waals surface area (Å²) >= 11 is 5.86. The van der Waals surface area contributed by atoms with Crippen LogP contribution in [0.5, 0.6) is 11.5 Å². The first-order valence-electron chi connectivity index (χ1n) is 9.27. The SMILES string of the molecule is O=C(CCc1ccc(Cl)cc1)NC1CCN(C(=O)c2cc(O)cc(O)c2)CC1. The van der Waals surface area contributed by atoms with Gasteiger partial charge in [0.05, 0.1) is 0 Å². The maximum absolute atomic E-state index is 12.5. The van der Waals surface area contributed by atoms with E-state index in [9.17, 15) is 19.8 Å². The number of likely N-dealkylation sites (tertiary alicyclic amines) is 1. The van der Waals surface area contributed by atoms with E-state index in [1.807, 2.05) is 24.3 Å². The molecule has 1 fully saturated rings. The van der Waals surface area contributed by atoms with Gasteiger partial charge in [-0.2, -0.15) is 0 Å². The average molecular weight is 403 g/mol. The van der Waals surface area contributed by atoms with Gasteiger partial charge in [-0.1, -0.05) is 23.7 Å². The number of benzene rings is 2. The highest BCUT2D eigenvalue weighted by Crippen LogP contribution is 2.23. The largest absolute Gasteiger partial charge is 0.508 e. The van der Waals surface area contributed by atoms with Crippen LogP contribution in [0.25, 0.3) is 0 Å². The zero-order valence-electron chi connectivity index (χ0n) is 15.4. The summed E-state index contributed by atoms with van der Waals surface area (Å²) in [5, 5.41) is 22.8. The number of carbonyl (C=O) groups is 2. The number of phenols is 2. The van der Waals surface area contributed by atoms with E-state index in [1.165, 1.54) is 18.2 Å². The quantitative estimate of drug-likeness (QED) is 0.716. The molecule has 6 nitrogen and oxygen atoms in total. The van der Waals surface area contributed by atoms with Gasteiger partial charge in [0, 0.05) is 42.2 Å². The van der Waals surface area contributed by atoms with Gasteiger partial charge in [0.1, 0.15) is 11.5 Å². The molecule has 0 atom stereocenters. The molecule has 0 unspecified atom stereocenters. The molecule has 1 heterocycles. The molecule has 0 bridgehead atoms. The topological polar surface area (TPSA) is 89.9 Å². The summed E-state index contributed by atoms with van der Waals surface area (Å²) in [5.74, 6) is -0.534. The molecule has 1 saturated heterocycles. The van der Waals surface area contributed by atoms with Crippen molar-refractivity contribution < 1.29 is 19.8 Å². The van der Waals surface area contributed by atoms with E-state index in [1.54, 1.807) is 4.90 Å². The van der Waals surface area contributed by atoms with Gasteiger partial charge >= 0.3 is 0 Å². The zero-order valence-corrected chi connectivity index (χ0v) is 16.2. The van der Waals surface area contributed by atoms with Crippen LogP contribution in [0.4, 0.5) is 0 Å². The molecule has 1 aliphatic heterocycles. The second-order valence-corrected chi connectivity index (χ2v) is 7.43. The first-order valence-corrected chi connectivity index (χ1v) is 9.64. The smallest absolute Gasteiger partial charge is 0.254 e. The van der Waals surface area contributed by atoms with Crippen LogP contribution in [0.2, 0.25) is 5.02 Å². The van der Waals surface area contributed by atoms with Gasteiger partial charge in [0.2, 0.25) is 5.91 Å². The summed E-state index contributed by atoms with van der Waals surface area (Å²) in [4.78, 5) is 26.4. The van der Waals surface area contributed by atoms with E-state index < -0.39 is 0 Å². The van der Waals surface area contributed by atoms with E-state index in [4.69, 9.17) is 11.6 Å². The molecule has 7 heteroatoms. The van der Waals surface area contributed by atoms with Crippen molar-refractivity contribution >= 4 is 23.4 Å². The molecule has 28 heavy (non-hydrogen) atoms. The Morgan fingerprint density at radius 3 is 2.25 bits per heavy atom. The third-order valence-corrected chi connectivity index (χ3v) is 5.10. The lowest BCUT2D eigenvalue weighted by Crippen LogP contribution is -2.46. The number of nitrogens with one attached hydrogen (secondary N) is 1. The fourth-order valence-corrected chi connectivity index (χ4v) is 3.46. The Morgan fingerprint density at radius 2 is 1.64 bits per heavy atom. The Bertz CT molecular complexity index is 826. The summed E-state index contributed by atoms with van der Waals surface area (Å²) in [5.41, 5.74) is 1.32. The number of aryl methyl sites for hydroxylation is 1. The van der Waals surface area contributed by atoms with Crippen molar-refractivity contribution in [2.45, 2.75) is 31.7 Å². The first kappa shape index (κ1) is 20.0. The van der Waals surface area contributed by atoms with Crippen molar-refractivity contribution in [1.29, 1.82) is 0 Å².